The molecule has 1 aliphatic heterocycles. The Labute approximate surface area is 222 Å². The zero-order chi connectivity index (χ0) is 28.3. The van der Waals surface area contributed by atoms with E-state index >= 15 is 0 Å². The average molecular weight is 537 g/mol. The maximum atomic E-state index is 13.2. The Bertz CT molecular complexity index is 1130. The van der Waals surface area contributed by atoms with Crippen molar-refractivity contribution in [2.24, 2.45) is 11.3 Å². The van der Waals surface area contributed by atoms with E-state index in [4.69, 9.17) is 9.47 Å². The van der Waals surface area contributed by atoms with Gasteiger partial charge in [-0.2, -0.15) is 13.2 Å². The number of halogens is 3. The molecule has 1 saturated heterocycles. The second-order valence-electron chi connectivity index (χ2n) is 11.2. The van der Waals surface area contributed by atoms with Crippen LogP contribution in [0, 0.1) is 11.3 Å². The number of carbonyl (C=O) groups excluding carboxylic acids is 2. The highest BCUT2D eigenvalue weighted by Crippen LogP contribution is 2.32. The van der Waals surface area contributed by atoms with Crippen LogP contribution in [0.1, 0.15) is 59.4 Å². The molecular weight excluding hydrogens is 497 g/mol. The normalized spacial score (nSPS) is 21.3. The lowest BCUT2D eigenvalue weighted by atomic mass is 9.84. The molecule has 1 N–H and O–H groups in total. The molecule has 0 spiro atoms. The lowest BCUT2D eigenvalue weighted by Gasteiger charge is -2.47. The van der Waals surface area contributed by atoms with Crippen LogP contribution in [0.3, 0.4) is 0 Å². The van der Waals surface area contributed by atoms with Gasteiger partial charge in [-0.3, -0.25) is 9.59 Å². The van der Waals surface area contributed by atoms with Crippen LogP contribution in [-0.2, 0) is 20.9 Å². The van der Waals surface area contributed by atoms with Crippen LogP contribution in [0.25, 0.3) is 10.8 Å². The number of methoxy groups -OCH3 is 1. The van der Waals surface area contributed by atoms with Gasteiger partial charge in [0.15, 0.2) is 0 Å². The lowest BCUT2D eigenvalue weighted by molar-refractivity contribution is -0.175. The summed E-state index contributed by atoms with van der Waals surface area (Å²) in [6.07, 6.45) is -5.59. The summed E-state index contributed by atoms with van der Waals surface area (Å²) < 4.78 is 50.7. The molecule has 38 heavy (non-hydrogen) atoms. The molecule has 2 unspecified atom stereocenters. The molecule has 9 heteroatoms. The summed E-state index contributed by atoms with van der Waals surface area (Å²) in [6, 6.07) is 10.7. The van der Waals surface area contributed by atoms with E-state index in [1.54, 1.807) is 34.8 Å². The summed E-state index contributed by atoms with van der Waals surface area (Å²) in [7, 11) is 1.62. The van der Waals surface area contributed by atoms with E-state index in [-0.39, 0.29) is 18.5 Å². The van der Waals surface area contributed by atoms with Gasteiger partial charge in [-0.15, -0.1) is 0 Å². The minimum absolute atomic E-state index is 0.0236. The van der Waals surface area contributed by atoms with Crippen LogP contribution < -0.4 is 10.1 Å². The molecule has 2 aromatic rings. The molecule has 3 rings (SSSR count). The summed E-state index contributed by atoms with van der Waals surface area (Å²) >= 11 is 0. The Morgan fingerprint density at radius 1 is 1.11 bits per heavy atom. The summed E-state index contributed by atoms with van der Waals surface area (Å²) in [6.45, 7) is 9.42. The molecule has 1 fully saturated rings. The summed E-state index contributed by atoms with van der Waals surface area (Å²) in [5.74, 6) is -0.669. The fourth-order valence-electron chi connectivity index (χ4n) is 4.99. The topological polar surface area (TPSA) is 67.9 Å². The Morgan fingerprint density at radius 3 is 2.37 bits per heavy atom. The zero-order valence-corrected chi connectivity index (χ0v) is 23.0. The van der Waals surface area contributed by atoms with Crippen molar-refractivity contribution in [1.82, 2.24) is 10.2 Å². The number of amides is 1. The fourth-order valence-corrected chi connectivity index (χ4v) is 4.99. The molecule has 0 saturated carbocycles. The largest absolute Gasteiger partial charge is 0.497 e. The third-order valence-electron chi connectivity index (χ3n) is 7.13. The lowest BCUT2D eigenvalue weighted by Crippen LogP contribution is -2.63. The average Bonchev–Trinajstić information content (AvgIpc) is 2.84. The third-order valence-corrected chi connectivity index (χ3v) is 7.13. The highest BCUT2D eigenvalue weighted by molar-refractivity contribution is 5.84. The van der Waals surface area contributed by atoms with Gasteiger partial charge in [0, 0.05) is 19.1 Å². The molecule has 1 aliphatic rings. The van der Waals surface area contributed by atoms with E-state index in [2.05, 4.69) is 5.32 Å². The quantitative estimate of drug-likeness (QED) is 0.428. The van der Waals surface area contributed by atoms with Crippen molar-refractivity contribution in [3.05, 3.63) is 42.0 Å². The van der Waals surface area contributed by atoms with Crippen LogP contribution in [0.2, 0.25) is 0 Å². The van der Waals surface area contributed by atoms with E-state index < -0.39 is 42.0 Å². The maximum absolute atomic E-state index is 13.2. The Hall–Kier alpha value is -2.81. The number of fused-ring (bicyclic) bond motifs is 1. The summed E-state index contributed by atoms with van der Waals surface area (Å²) in [4.78, 5) is 26.9. The monoisotopic (exact) mass is 536 g/mol. The van der Waals surface area contributed by atoms with Gasteiger partial charge in [-0.25, -0.2) is 0 Å². The van der Waals surface area contributed by atoms with Crippen molar-refractivity contribution in [2.75, 3.05) is 13.7 Å². The van der Waals surface area contributed by atoms with Gasteiger partial charge >= 0.3 is 12.1 Å². The van der Waals surface area contributed by atoms with Crippen LogP contribution in [0.5, 0.6) is 5.75 Å². The first-order chi connectivity index (χ1) is 17.7. The predicted octanol–water partition coefficient (Wildman–Crippen LogP) is 5.86. The first-order valence-electron chi connectivity index (χ1n) is 13.1. The van der Waals surface area contributed by atoms with E-state index in [0.717, 1.165) is 22.1 Å². The maximum Gasteiger partial charge on any atom is 0.397 e. The molecule has 4 atom stereocenters. The molecule has 0 aromatic heterocycles. The third kappa shape index (κ3) is 7.62. The number of hydrogen-bond acceptors (Lipinski definition) is 5. The summed E-state index contributed by atoms with van der Waals surface area (Å²) in [5.41, 5.74) is 0.208. The van der Waals surface area contributed by atoms with E-state index in [0.29, 0.717) is 19.4 Å². The number of piperidine rings is 1. The van der Waals surface area contributed by atoms with Crippen LogP contribution >= 0.6 is 0 Å². The Morgan fingerprint density at radius 2 is 1.76 bits per heavy atom. The van der Waals surface area contributed by atoms with Crippen molar-refractivity contribution in [2.45, 2.75) is 84.8 Å². The molecule has 1 amide bonds. The molecule has 0 radical (unpaired) electrons. The second kappa shape index (κ2) is 11.9. The van der Waals surface area contributed by atoms with Gasteiger partial charge in [0.2, 0.25) is 5.91 Å². The van der Waals surface area contributed by atoms with Gasteiger partial charge in [0.05, 0.1) is 18.6 Å². The number of alkyl halides is 3. The van der Waals surface area contributed by atoms with Crippen molar-refractivity contribution in [1.29, 1.82) is 0 Å². The Kier molecular flexibility index (Phi) is 9.34. The first kappa shape index (κ1) is 29.7. The molecule has 2 aromatic carbocycles. The number of benzene rings is 2. The molecule has 0 aliphatic carbocycles. The van der Waals surface area contributed by atoms with Crippen LogP contribution in [-0.4, -0.2) is 54.8 Å². The van der Waals surface area contributed by atoms with Crippen molar-refractivity contribution < 1.29 is 32.2 Å². The van der Waals surface area contributed by atoms with E-state index in [1.807, 2.05) is 43.3 Å². The van der Waals surface area contributed by atoms with Crippen molar-refractivity contribution in [3.8, 4) is 5.75 Å². The molecular formula is C29H39F3N2O4. The van der Waals surface area contributed by atoms with E-state index in [1.165, 1.54) is 4.90 Å². The number of rotatable bonds is 8. The van der Waals surface area contributed by atoms with Gasteiger partial charge in [-0.05, 0) is 74.6 Å². The smallest absolute Gasteiger partial charge is 0.397 e. The number of carbonyl (C=O) groups is 2. The van der Waals surface area contributed by atoms with Gasteiger partial charge in [-0.1, -0.05) is 31.5 Å². The highest BCUT2D eigenvalue weighted by Gasteiger charge is 2.45. The molecule has 1 heterocycles. The van der Waals surface area contributed by atoms with Crippen LogP contribution in [0.15, 0.2) is 36.4 Å². The minimum atomic E-state index is -4.62. The van der Waals surface area contributed by atoms with Gasteiger partial charge < -0.3 is 19.7 Å². The van der Waals surface area contributed by atoms with E-state index in [9.17, 15) is 22.8 Å². The second-order valence-corrected chi connectivity index (χ2v) is 11.2. The number of hydrogen-bond donors (Lipinski definition) is 1. The number of ether oxygens (including phenoxy) is 2. The van der Waals surface area contributed by atoms with Gasteiger partial charge in [0.25, 0.3) is 0 Å². The molecule has 0 bridgehead atoms. The SMILES string of the molecule is CCC1C[C@@H](NCc2ccc3cc(OC)ccc3c2)C([C@H](C)OC(=O)C(C)(C)C)N(C(=O)CC(F)(F)F)C1. The predicted molar refractivity (Wildman–Crippen MR) is 141 cm³/mol. The number of likely N-dealkylation sites (tertiary alicyclic amines) is 1. The number of nitrogens with zero attached hydrogens (tertiary/aromatic N) is 1. The molecule has 6 nitrogen and oxygen atoms in total. The van der Waals surface area contributed by atoms with Crippen LogP contribution in [0.4, 0.5) is 13.2 Å². The minimum Gasteiger partial charge on any atom is -0.497 e. The fraction of sp³-hybridized carbons (Fsp3) is 0.586. The van der Waals surface area contributed by atoms with Crippen molar-refractivity contribution >= 4 is 22.6 Å². The number of esters is 1. The van der Waals surface area contributed by atoms with Gasteiger partial charge in [0.1, 0.15) is 18.3 Å². The summed E-state index contributed by atoms with van der Waals surface area (Å²) in [5, 5.41) is 5.55. The zero-order valence-electron chi connectivity index (χ0n) is 23.0. The standard InChI is InChI=1S/C29H39F3N2O4/c1-7-19-13-24(33-16-20-8-9-22-14-23(37-6)11-10-21(22)12-20)26(18(2)38-27(36)28(3,4)5)34(17-19)25(35)15-29(30,31)32/h8-12,14,18-19,24,26,33H,7,13,15-17H2,1-6H3/t18-,19?,24+,26?/m0/s1. The van der Waals surface area contributed by atoms with Crippen molar-refractivity contribution in [3.63, 3.8) is 0 Å². The highest BCUT2D eigenvalue weighted by atomic mass is 19.4. The first-order valence-corrected chi connectivity index (χ1v) is 13.1. The number of nitrogens with one attached hydrogen (secondary N) is 1. The molecule has 210 valence electrons. The Balaban J connectivity index is 1.88.